The van der Waals surface area contributed by atoms with Crippen LogP contribution in [0.15, 0.2) is 18.2 Å². The molecule has 1 aromatic rings. The Balaban J connectivity index is 2.50. The molecule has 0 aliphatic heterocycles. The fourth-order valence-corrected chi connectivity index (χ4v) is 1.30. The summed E-state index contributed by atoms with van der Waals surface area (Å²) in [4.78, 5) is 4.45. The molecule has 1 aromatic heterocycles. The third-order valence-electron chi connectivity index (χ3n) is 2.41. The molecule has 1 atom stereocenters. The maximum atomic E-state index is 5.67. The molecule has 0 fully saturated rings. The van der Waals surface area contributed by atoms with Gasteiger partial charge in [-0.05, 0) is 32.4 Å². The highest BCUT2D eigenvalue weighted by atomic mass is 16.5. The van der Waals surface area contributed by atoms with Crippen molar-refractivity contribution in [2.45, 2.75) is 46.3 Å². The Morgan fingerprint density at radius 1 is 1.38 bits per heavy atom. The summed E-state index contributed by atoms with van der Waals surface area (Å²) in [6, 6.07) is 5.93. The van der Waals surface area contributed by atoms with Crippen LogP contribution in [-0.2, 0) is 6.54 Å². The Morgan fingerprint density at radius 3 is 2.88 bits per heavy atom. The predicted molar refractivity (Wildman–Crippen MR) is 66.6 cm³/mol. The van der Waals surface area contributed by atoms with Crippen molar-refractivity contribution >= 4 is 0 Å². The van der Waals surface area contributed by atoms with Crippen molar-refractivity contribution in [3.05, 3.63) is 23.9 Å². The van der Waals surface area contributed by atoms with Crippen molar-refractivity contribution in [3.63, 3.8) is 0 Å². The molecular formula is C13H22N2O. The molecule has 3 heteroatoms. The first kappa shape index (κ1) is 13.0. The van der Waals surface area contributed by atoms with Gasteiger partial charge in [-0.1, -0.05) is 19.9 Å². The van der Waals surface area contributed by atoms with Crippen LogP contribution in [0.25, 0.3) is 0 Å². The maximum Gasteiger partial charge on any atom is 0.213 e. The van der Waals surface area contributed by atoms with E-state index in [4.69, 9.17) is 4.74 Å². The molecule has 1 heterocycles. The summed E-state index contributed by atoms with van der Waals surface area (Å²) < 4.78 is 5.67. The van der Waals surface area contributed by atoms with E-state index in [2.05, 4.69) is 31.1 Å². The van der Waals surface area contributed by atoms with Gasteiger partial charge in [-0.15, -0.1) is 0 Å². The van der Waals surface area contributed by atoms with Gasteiger partial charge in [0.25, 0.3) is 0 Å². The lowest BCUT2D eigenvalue weighted by atomic mass is 10.3. The van der Waals surface area contributed by atoms with E-state index >= 15 is 0 Å². The van der Waals surface area contributed by atoms with Gasteiger partial charge in [0.2, 0.25) is 5.88 Å². The van der Waals surface area contributed by atoms with Gasteiger partial charge in [-0.2, -0.15) is 0 Å². The number of hydrogen-bond donors (Lipinski definition) is 1. The molecular weight excluding hydrogens is 200 g/mol. The van der Waals surface area contributed by atoms with E-state index in [1.54, 1.807) is 0 Å². The van der Waals surface area contributed by atoms with Gasteiger partial charge < -0.3 is 10.1 Å². The van der Waals surface area contributed by atoms with Crippen LogP contribution in [0.3, 0.4) is 0 Å². The molecule has 1 unspecified atom stereocenters. The molecule has 1 N–H and O–H groups in total. The molecule has 0 radical (unpaired) electrons. The second-order valence-corrected chi connectivity index (χ2v) is 3.98. The van der Waals surface area contributed by atoms with Gasteiger partial charge in [0, 0.05) is 12.6 Å². The van der Waals surface area contributed by atoms with Gasteiger partial charge >= 0.3 is 0 Å². The van der Waals surface area contributed by atoms with Crippen LogP contribution in [0.4, 0.5) is 0 Å². The van der Waals surface area contributed by atoms with Gasteiger partial charge in [0.15, 0.2) is 0 Å². The molecule has 0 spiro atoms. The molecule has 3 nitrogen and oxygen atoms in total. The Kier molecular flexibility index (Phi) is 5.86. The number of aromatic nitrogens is 1. The second kappa shape index (κ2) is 7.23. The van der Waals surface area contributed by atoms with E-state index < -0.39 is 0 Å². The average molecular weight is 222 g/mol. The highest BCUT2D eigenvalue weighted by Crippen LogP contribution is 2.10. The van der Waals surface area contributed by atoms with Crippen molar-refractivity contribution < 1.29 is 4.74 Å². The number of pyridine rings is 1. The first-order valence-electron chi connectivity index (χ1n) is 6.09. The van der Waals surface area contributed by atoms with Crippen LogP contribution < -0.4 is 10.1 Å². The predicted octanol–water partition coefficient (Wildman–Crippen LogP) is 2.76. The smallest absolute Gasteiger partial charge is 0.213 e. The Bertz CT molecular complexity index is 302. The first-order valence-corrected chi connectivity index (χ1v) is 6.09. The molecule has 1 rings (SSSR count). The van der Waals surface area contributed by atoms with Gasteiger partial charge in [-0.25, -0.2) is 4.98 Å². The van der Waals surface area contributed by atoms with Crippen molar-refractivity contribution in [1.82, 2.24) is 10.3 Å². The van der Waals surface area contributed by atoms with E-state index in [1.165, 1.54) is 0 Å². The second-order valence-electron chi connectivity index (χ2n) is 3.98. The standard InChI is InChI=1S/C13H22N2O/c1-4-9-14-10-12-7-6-8-13(15-12)16-11(3)5-2/h6-8,11,14H,4-5,9-10H2,1-3H3. The first-order chi connectivity index (χ1) is 7.76. The van der Waals surface area contributed by atoms with Gasteiger partial charge in [0.05, 0.1) is 11.8 Å². The molecule has 90 valence electrons. The summed E-state index contributed by atoms with van der Waals surface area (Å²) in [6.45, 7) is 8.16. The number of nitrogens with zero attached hydrogens (tertiary/aromatic N) is 1. The SMILES string of the molecule is CCCNCc1cccc(OC(C)CC)n1. The molecule has 0 saturated heterocycles. The number of rotatable bonds is 7. The lowest BCUT2D eigenvalue weighted by Gasteiger charge is -2.12. The fraction of sp³-hybridized carbons (Fsp3) is 0.615. The summed E-state index contributed by atoms with van der Waals surface area (Å²) in [7, 11) is 0. The largest absolute Gasteiger partial charge is 0.475 e. The Morgan fingerprint density at radius 2 is 2.19 bits per heavy atom. The summed E-state index contributed by atoms with van der Waals surface area (Å²) in [5.41, 5.74) is 1.04. The topological polar surface area (TPSA) is 34.1 Å². The summed E-state index contributed by atoms with van der Waals surface area (Å²) >= 11 is 0. The lowest BCUT2D eigenvalue weighted by molar-refractivity contribution is 0.208. The summed E-state index contributed by atoms with van der Waals surface area (Å²) in [6.07, 6.45) is 2.37. The van der Waals surface area contributed by atoms with Crippen molar-refractivity contribution in [1.29, 1.82) is 0 Å². The molecule has 0 saturated carbocycles. The van der Waals surface area contributed by atoms with Crippen LogP contribution in [0, 0.1) is 0 Å². The summed E-state index contributed by atoms with van der Waals surface area (Å²) in [5.74, 6) is 0.727. The van der Waals surface area contributed by atoms with Crippen LogP contribution >= 0.6 is 0 Å². The van der Waals surface area contributed by atoms with Gasteiger partial charge in [0.1, 0.15) is 0 Å². The van der Waals surface area contributed by atoms with E-state index in [9.17, 15) is 0 Å². The maximum absolute atomic E-state index is 5.67. The molecule has 0 aliphatic rings. The molecule has 0 aliphatic carbocycles. The molecule has 0 bridgehead atoms. The van der Waals surface area contributed by atoms with E-state index in [0.717, 1.165) is 37.5 Å². The van der Waals surface area contributed by atoms with Crippen LogP contribution in [0.2, 0.25) is 0 Å². The normalized spacial score (nSPS) is 12.4. The average Bonchev–Trinajstić information content (AvgIpc) is 2.30. The fourth-order valence-electron chi connectivity index (χ4n) is 1.30. The van der Waals surface area contributed by atoms with E-state index in [1.807, 2.05) is 18.2 Å². The highest BCUT2D eigenvalue weighted by molar-refractivity contribution is 5.15. The highest BCUT2D eigenvalue weighted by Gasteiger charge is 2.02. The minimum Gasteiger partial charge on any atom is -0.475 e. The zero-order valence-corrected chi connectivity index (χ0v) is 10.5. The third-order valence-corrected chi connectivity index (χ3v) is 2.41. The molecule has 0 aromatic carbocycles. The minimum absolute atomic E-state index is 0.228. The zero-order valence-electron chi connectivity index (χ0n) is 10.5. The van der Waals surface area contributed by atoms with E-state index in [-0.39, 0.29) is 6.10 Å². The minimum atomic E-state index is 0.228. The summed E-state index contributed by atoms with van der Waals surface area (Å²) in [5, 5.41) is 3.33. The number of hydrogen-bond acceptors (Lipinski definition) is 3. The van der Waals surface area contributed by atoms with Crippen molar-refractivity contribution in [2.75, 3.05) is 6.54 Å². The third kappa shape index (κ3) is 4.62. The Hall–Kier alpha value is -1.09. The quantitative estimate of drug-likeness (QED) is 0.720. The number of nitrogens with one attached hydrogen (secondary N) is 1. The van der Waals surface area contributed by atoms with Gasteiger partial charge in [-0.3, -0.25) is 0 Å². The van der Waals surface area contributed by atoms with Crippen LogP contribution in [0.1, 0.15) is 39.3 Å². The van der Waals surface area contributed by atoms with E-state index in [0.29, 0.717) is 0 Å². The lowest BCUT2D eigenvalue weighted by Crippen LogP contribution is -2.16. The van der Waals surface area contributed by atoms with Crippen LogP contribution in [-0.4, -0.2) is 17.6 Å². The van der Waals surface area contributed by atoms with Crippen molar-refractivity contribution in [3.8, 4) is 5.88 Å². The van der Waals surface area contributed by atoms with Crippen molar-refractivity contribution in [2.24, 2.45) is 0 Å². The Labute approximate surface area is 98.2 Å². The molecule has 16 heavy (non-hydrogen) atoms. The van der Waals surface area contributed by atoms with Crippen LogP contribution in [0.5, 0.6) is 5.88 Å². The molecule has 0 amide bonds. The number of ether oxygens (including phenoxy) is 1. The monoisotopic (exact) mass is 222 g/mol. The zero-order chi connectivity index (χ0) is 11.8.